The van der Waals surface area contributed by atoms with Crippen LogP contribution in [0.3, 0.4) is 0 Å². The predicted molar refractivity (Wildman–Crippen MR) is 77.7 cm³/mol. The Kier molecular flexibility index (Phi) is 2.66. The lowest BCUT2D eigenvalue weighted by Crippen LogP contribution is -2.62. The van der Waals surface area contributed by atoms with Gasteiger partial charge in [-0.3, -0.25) is 4.79 Å². The second-order valence-corrected chi connectivity index (χ2v) is 6.94. The lowest BCUT2D eigenvalue weighted by molar-refractivity contribution is 0.0558. The van der Waals surface area contributed by atoms with Crippen LogP contribution in [-0.2, 0) is 11.8 Å². The molecule has 1 aromatic rings. The maximum Gasteiger partial charge on any atom is 0.159 e. The van der Waals surface area contributed by atoms with Crippen molar-refractivity contribution in [2.75, 3.05) is 6.54 Å². The van der Waals surface area contributed by atoms with Crippen molar-refractivity contribution in [3.63, 3.8) is 0 Å². The molecule has 0 radical (unpaired) electrons. The number of Topliss-reactive ketones (excluding diaryl/α,β-unsaturated/α-hetero) is 1. The number of benzene rings is 1. The number of piperidine rings is 1. The van der Waals surface area contributed by atoms with E-state index in [0.29, 0.717) is 6.04 Å². The van der Waals surface area contributed by atoms with Crippen molar-refractivity contribution in [2.45, 2.75) is 52.0 Å². The topological polar surface area (TPSA) is 29.1 Å². The van der Waals surface area contributed by atoms with Gasteiger partial charge in [-0.05, 0) is 48.9 Å². The number of carbonyl (C=O) groups excluding carboxylic acids is 1. The molecule has 0 aromatic heterocycles. The number of fused-ring (bicyclic) bond motifs is 4. The van der Waals surface area contributed by atoms with Crippen molar-refractivity contribution in [3.8, 4) is 0 Å². The highest BCUT2D eigenvalue weighted by Crippen LogP contribution is 2.53. The van der Waals surface area contributed by atoms with E-state index in [1.807, 2.05) is 6.07 Å². The summed E-state index contributed by atoms with van der Waals surface area (Å²) in [4.78, 5) is 11.7. The first-order valence-electron chi connectivity index (χ1n) is 7.24. The highest BCUT2D eigenvalue weighted by Gasteiger charge is 2.53. The van der Waals surface area contributed by atoms with E-state index in [1.165, 1.54) is 11.1 Å². The molecule has 1 heterocycles. The molecule has 1 aliphatic carbocycles. The lowest BCUT2D eigenvalue weighted by Gasteiger charge is -2.57. The van der Waals surface area contributed by atoms with Gasteiger partial charge < -0.3 is 5.32 Å². The van der Waals surface area contributed by atoms with Gasteiger partial charge in [-0.1, -0.05) is 32.9 Å². The molecule has 1 aliphatic heterocycles. The molecule has 0 spiro atoms. The average Bonchev–Trinajstić information content (AvgIpc) is 2.33. The fourth-order valence-corrected chi connectivity index (χ4v) is 3.97. The maximum absolute atomic E-state index is 11.7. The number of hydrogen-bond acceptors (Lipinski definition) is 2. The van der Waals surface area contributed by atoms with Crippen LogP contribution in [0.2, 0.25) is 0 Å². The van der Waals surface area contributed by atoms with E-state index >= 15 is 0 Å². The number of rotatable bonds is 1. The molecular weight excluding hydrogens is 234 g/mol. The van der Waals surface area contributed by atoms with Crippen LogP contribution < -0.4 is 5.32 Å². The van der Waals surface area contributed by atoms with Crippen molar-refractivity contribution in [3.05, 3.63) is 34.9 Å². The standard InChI is InChI=1S/C17H23NO/c1-11(19)12-5-6-13-10-15-16(2,3)17(4,7-8-18-15)14(13)9-12/h5-6,9,15,18H,7-8,10H2,1-4H3/t15-,17+/m1/s1. The molecule has 2 atom stereocenters. The largest absolute Gasteiger partial charge is 0.313 e. The summed E-state index contributed by atoms with van der Waals surface area (Å²) < 4.78 is 0. The molecule has 19 heavy (non-hydrogen) atoms. The van der Waals surface area contributed by atoms with Crippen LogP contribution in [0, 0.1) is 5.41 Å². The monoisotopic (exact) mass is 257 g/mol. The third-order valence-electron chi connectivity index (χ3n) is 5.84. The van der Waals surface area contributed by atoms with Gasteiger partial charge in [0.25, 0.3) is 0 Å². The summed E-state index contributed by atoms with van der Waals surface area (Å²) in [5, 5.41) is 3.68. The van der Waals surface area contributed by atoms with E-state index in [1.54, 1.807) is 6.92 Å². The van der Waals surface area contributed by atoms with Gasteiger partial charge in [0.2, 0.25) is 0 Å². The van der Waals surface area contributed by atoms with Crippen molar-refractivity contribution in [2.24, 2.45) is 5.41 Å². The van der Waals surface area contributed by atoms with E-state index in [0.717, 1.165) is 24.9 Å². The fraction of sp³-hybridized carbons (Fsp3) is 0.588. The molecule has 1 saturated heterocycles. The Hall–Kier alpha value is -1.15. The fourth-order valence-electron chi connectivity index (χ4n) is 3.97. The molecule has 2 aliphatic rings. The number of carbonyl (C=O) groups is 1. The van der Waals surface area contributed by atoms with Gasteiger partial charge in [0.05, 0.1) is 0 Å². The molecule has 1 fully saturated rings. The molecule has 2 heteroatoms. The summed E-state index contributed by atoms with van der Waals surface area (Å²) in [6.07, 6.45) is 2.22. The third kappa shape index (κ3) is 1.62. The summed E-state index contributed by atoms with van der Waals surface area (Å²) >= 11 is 0. The van der Waals surface area contributed by atoms with Crippen LogP contribution in [0.1, 0.15) is 55.6 Å². The Labute approximate surface area is 115 Å². The van der Waals surface area contributed by atoms with Gasteiger partial charge >= 0.3 is 0 Å². The number of hydrogen-bond donors (Lipinski definition) is 1. The van der Waals surface area contributed by atoms with Crippen LogP contribution in [0.5, 0.6) is 0 Å². The quantitative estimate of drug-likeness (QED) is 0.783. The molecule has 2 bridgehead atoms. The van der Waals surface area contributed by atoms with Crippen molar-refractivity contribution in [1.82, 2.24) is 5.32 Å². The van der Waals surface area contributed by atoms with Gasteiger partial charge in [0.15, 0.2) is 5.78 Å². The number of ketones is 1. The maximum atomic E-state index is 11.7. The average molecular weight is 257 g/mol. The molecule has 0 saturated carbocycles. The minimum absolute atomic E-state index is 0.167. The third-order valence-corrected chi connectivity index (χ3v) is 5.84. The Balaban J connectivity index is 2.21. The van der Waals surface area contributed by atoms with Crippen LogP contribution >= 0.6 is 0 Å². The lowest BCUT2D eigenvalue weighted by atomic mass is 9.51. The molecule has 2 nitrogen and oxygen atoms in total. The smallest absolute Gasteiger partial charge is 0.159 e. The van der Waals surface area contributed by atoms with E-state index in [-0.39, 0.29) is 16.6 Å². The molecule has 102 valence electrons. The Morgan fingerprint density at radius 2 is 2.05 bits per heavy atom. The van der Waals surface area contributed by atoms with Crippen LogP contribution in [0.4, 0.5) is 0 Å². The van der Waals surface area contributed by atoms with Gasteiger partial charge in [-0.25, -0.2) is 0 Å². The van der Waals surface area contributed by atoms with Crippen molar-refractivity contribution in [1.29, 1.82) is 0 Å². The van der Waals surface area contributed by atoms with Gasteiger partial charge in [0.1, 0.15) is 0 Å². The SMILES string of the molecule is CC(=O)c1ccc2c(c1)[C@]1(C)CCN[C@H](C2)C1(C)C. The Morgan fingerprint density at radius 3 is 2.74 bits per heavy atom. The zero-order valence-electron chi connectivity index (χ0n) is 12.3. The minimum atomic E-state index is 0.167. The van der Waals surface area contributed by atoms with E-state index in [2.05, 4.69) is 38.2 Å². The highest BCUT2D eigenvalue weighted by atomic mass is 16.1. The molecule has 0 unspecified atom stereocenters. The Morgan fingerprint density at radius 1 is 1.32 bits per heavy atom. The van der Waals surface area contributed by atoms with E-state index < -0.39 is 0 Å². The van der Waals surface area contributed by atoms with Crippen LogP contribution in [0.25, 0.3) is 0 Å². The highest BCUT2D eigenvalue weighted by molar-refractivity contribution is 5.94. The van der Waals surface area contributed by atoms with Gasteiger partial charge in [-0.2, -0.15) is 0 Å². The first kappa shape index (κ1) is 12.9. The predicted octanol–water partition coefficient (Wildman–Crippen LogP) is 3.09. The molecule has 0 amide bonds. The van der Waals surface area contributed by atoms with Crippen LogP contribution in [-0.4, -0.2) is 18.4 Å². The molecule has 1 aromatic carbocycles. The van der Waals surface area contributed by atoms with Gasteiger partial charge in [0, 0.05) is 17.0 Å². The van der Waals surface area contributed by atoms with E-state index in [4.69, 9.17) is 0 Å². The zero-order chi connectivity index (χ0) is 13.8. The van der Waals surface area contributed by atoms with Crippen molar-refractivity contribution < 1.29 is 4.79 Å². The molecular formula is C17H23NO. The van der Waals surface area contributed by atoms with Crippen molar-refractivity contribution >= 4 is 5.78 Å². The van der Waals surface area contributed by atoms with E-state index in [9.17, 15) is 4.79 Å². The summed E-state index contributed by atoms with van der Waals surface area (Å²) in [5.74, 6) is 0.167. The summed E-state index contributed by atoms with van der Waals surface area (Å²) in [7, 11) is 0. The second-order valence-electron chi connectivity index (χ2n) is 6.94. The first-order chi connectivity index (χ1) is 8.86. The Bertz CT molecular complexity index is 546. The second kappa shape index (κ2) is 3.92. The van der Waals surface area contributed by atoms with Crippen LogP contribution in [0.15, 0.2) is 18.2 Å². The first-order valence-corrected chi connectivity index (χ1v) is 7.24. The normalized spacial score (nSPS) is 31.7. The summed E-state index contributed by atoms with van der Waals surface area (Å²) in [6.45, 7) is 9.85. The minimum Gasteiger partial charge on any atom is -0.313 e. The van der Waals surface area contributed by atoms with Gasteiger partial charge in [-0.15, -0.1) is 0 Å². The molecule has 3 rings (SSSR count). The summed E-state index contributed by atoms with van der Waals surface area (Å²) in [5.41, 5.74) is 4.08. The molecule has 1 N–H and O–H groups in total. The summed E-state index contributed by atoms with van der Waals surface area (Å²) in [6, 6.07) is 6.85. The number of nitrogens with one attached hydrogen (secondary N) is 1. The zero-order valence-corrected chi connectivity index (χ0v) is 12.3.